The monoisotopic (exact) mass is 312 g/mol. The summed E-state index contributed by atoms with van der Waals surface area (Å²) in [7, 11) is 0. The molecule has 120 valence electrons. The van der Waals surface area contributed by atoms with E-state index in [-0.39, 0.29) is 5.91 Å². The molecule has 3 aromatic rings. The summed E-state index contributed by atoms with van der Waals surface area (Å²) < 4.78 is 13.1. The zero-order valence-electron chi connectivity index (χ0n) is 13.1. The Hall–Kier alpha value is -2.69. The molecule has 2 aromatic heterocycles. The van der Waals surface area contributed by atoms with Crippen molar-refractivity contribution in [3.63, 3.8) is 0 Å². The molecular weight excluding hydrogens is 292 g/mol. The van der Waals surface area contributed by atoms with Gasteiger partial charge in [-0.2, -0.15) is 0 Å². The summed E-state index contributed by atoms with van der Waals surface area (Å²) in [5, 5.41) is 2.91. The summed E-state index contributed by atoms with van der Waals surface area (Å²) in [6.07, 6.45) is 2.53. The van der Waals surface area contributed by atoms with Gasteiger partial charge < -0.3 is 19.0 Å². The number of furan rings is 1. The molecule has 0 aliphatic rings. The van der Waals surface area contributed by atoms with E-state index in [0.29, 0.717) is 31.0 Å². The van der Waals surface area contributed by atoms with Crippen molar-refractivity contribution < 1.29 is 13.9 Å². The van der Waals surface area contributed by atoms with Crippen molar-refractivity contribution in [2.24, 2.45) is 0 Å². The van der Waals surface area contributed by atoms with E-state index in [0.717, 1.165) is 17.7 Å². The topological polar surface area (TPSA) is 56.4 Å². The number of fused-ring (bicyclic) bond motifs is 1. The van der Waals surface area contributed by atoms with Crippen molar-refractivity contribution in [1.29, 1.82) is 0 Å². The van der Waals surface area contributed by atoms with Crippen molar-refractivity contribution in [2.45, 2.75) is 19.9 Å². The molecule has 1 aromatic carbocycles. The molecule has 0 fully saturated rings. The van der Waals surface area contributed by atoms with Crippen LogP contribution in [-0.2, 0) is 6.54 Å². The lowest BCUT2D eigenvalue weighted by Gasteiger charge is -2.11. The molecule has 5 nitrogen and oxygen atoms in total. The summed E-state index contributed by atoms with van der Waals surface area (Å²) in [5.74, 6) is 0.734. The lowest BCUT2D eigenvalue weighted by atomic mass is 10.3. The molecule has 1 amide bonds. The van der Waals surface area contributed by atoms with E-state index in [1.807, 2.05) is 47.9 Å². The molecule has 5 heteroatoms. The van der Waals surface area contributed by atoms with Gasteiger partial charge in [0.1, 0.15) is 18.1 Å². The second-order valence-electron chi connectivity index (χ2n) is 5.27. The standard InChI is InChI=1S/C18H20N2O3/c1-2-9-19-18(21)16-13-17-15(8-11-23-17)20(16)10-12-22-14-6-4-3-5-7-14/h3-8,11,13H,2,9-10,12H2,1H3,(H,19,21). The normalized spacial score (nSPS) is 10.8. The largest absolute Gasteiger partial charge is 0.492 e. The maximum absolute atomic E-state index is 12.3. The number of rotatable bonds is 7. The van der Waals surface area contributed by atoms with E-state index in [9.17, 15) is 4.79 Å². The number of amides is 1. The molecule has 0 aliphatic carbocycles. The van der Waals surface area contributed by atoms with Crippen LogP contribution in [0.25, 0.3) is 11.1 Å². The minimum atomic E-state index is -0.0852. The zero-order chi connectivity index (χ0) is 16.1. The summed E-state index contributed by atoms with van der Waals surface area (Å²) in [6, 6.07) is 13.3. The Morgan fingerprint density at radius 1 is 1.26 bits per heavy atom. The highest BCUT2D eigenvalue weighted by Crippen LogP contribution is 2.21. The van der Waals surface area contributed by atoms with Gasteiger partial charge in [-0.3, -0.25) is 4.79 Å². The van der Waals surface area contributed by atoms with Gasteiger partial charge in [-0.05, 0) is 18.6 Å². The lowest BCUT2D eigenvalue weighted by Crippen LogP contribution is -2.27. The Morgan fingerprint density at radius 3 is 2.87 bits per heavy atom. The van der Waals surface area contributed by atoms with Crippen LogP contribution in [0.4, 0.5) is 0 Å². The van der Waals surface area contributed by atoms with Crippen molar-refractivity contribution in [3.05, 3.63) is 54.4 Å². The Morgan fingerprint density at radius 2 is 2.09 bits per heavy atom. The molecule has 0 atom stereocenters. The number of hydrogen-bond acceptors (Lipinski definition) is 3. The first kappa shape index (κ1) is 15.2. The van der Waals surface area contributed by atoms with Crippen LogP contribution in [0.2, 0.25) is 0 Å². The van der Waals surface area contributed by atoms with Gasteiger partial charge in [0, 0.05) is 18.7 Å². The number of nitrogens with zero attached hydrogens (tertiary/aromatic N) is 1. The molecular formula is C18H20N2O3. The van der Waals surface area contributed by atoms with Crippen LogP contribution in [0, 0.1) is 0 Å². The Kier molecular flexibility index (Phi) is 4.66. The van der Waals surface area contributed by atoms with E-state index in [1.54, 1.807) is 12.3 Å². The summed E-state index contributed by atoms with van der Waals surface area (Å²) in [6.45, 7) is 3.74. The van der Waals surface area contributed by atoms with Crippen molar-refractivity contribution in [2.75, 3.05) is 13.2 Å². The van der Waals surface area contributed by atoms with Gasteiger partial charge in [0.05, 0.1) is 18.3 Å². The summed E-state index contributed by atoms with van der Waals surface area (Å²) in [5.41, 5.74) is 2.22. The second-order valence-corrected chi connectivity index (χ2v) is 5.27. The lowest BCUT2D eigenvalue weighted by molar-refractivity contribution is 0.0944. The first-order valence-corrected chi connectivity index (χ1v) is 7.82. The molecule has 0 aliphatic heterocycles. The number of carbonyl (C=O) groups excluding carboxylic acids is 1. The maximum atomic E-state index is 12.3. The molecule has 0 saturated heterocycles. The fourth-order valence-electron chi connectivity index (χ4n) is 2.51. The quantitative estimate of drug-likeness (QED) is 0.727. The van der Waals surface area contributed by atoms with Crippen LogP contribution in [0.5, 0.6) is 5.75 Å². The molecule has 1 N–H and O–H groups in total. The first-order chi connectivity index (χ1) is 11.3. The second kappa shape index (κ2) is 7.05. The first-order valence-electron chi connectivity index (χ1n) is 7.82. The third kappa shape index (κ3) is 3.39. The number of hydrogen-bond donors (Lipinski definition) is 1. The fraction of sp³-hybridized carbons (Fsp3) is 0.278. The fourth-order valence-corrected chi connectivity index (χ4v) is 2.51. The molecule has 0 radical (unpaired) electrons. The van der Waals surface area contributed by atoms with Gasteiger partial charge in [-0.15, -0.1) is 0 Å². The van der Waals surface area contributed by atoms with E-state index >= 15 is 0 Å². The van der Waals surface area contributed by atoms with Crippen molar-refractivity contribution >= 4 is 17.0 Å². The minimum Gasteiger partial charge on any atom is -0.492 e. The van der Waals surface area contributed by atoms with Gasteiger partial charge in [0.2, 0.25) is 0 Å². The van der Waals surface area contributed by atoms with Gasteiger partial charge in [-0.25, -0.2) is 0 Å². The molecule has 3 rings (SSSR count). The van der Waals surface area contributed by atoms with Crippen LogP contribution < -0.4 is 10.1 Å². The van der Waals surface area contributed by atoms with Gasteiger partial charge >= 0.3 is 0 Å². The van der Waals surface area contributed by atoms with E-state index in [2.05, 4.69) is 5.32 Å². The third-order valence-electron chi connectivity index (χ3n) is 3.62. The summed E-state index contributed by atoms with van der Waals surface area (Å²) >= 11 is 0. The average molecular weight is 312 g/mol. The van der Waals surface area contributed by atoms with Crippen LogP contribution in [0.15, 0.2) is 53.1 Å². The molecule has 0 spiro atoms. The minimum absolute atomic E-state index is 0.0852. The Labute approximate surface area is 134 Å². The van der Waals surface area contributed by atoms with E-state index < -0.39 is 0 Å². The highest BCUT2D eigenvalue weighted by Gasteiger charge is 2.16. The Balaban J connectivity index is 1.75. The number of para-hydroxylation sites is 1. The molecule has 23 heavy (non-hydrogen) atoms. The van der Waals surface area contributed by atoms with Gasteiger partial charge in [0.25, 0.3) is 5.91 Å². The average Bonchev–Trinajstić information content (AvgIpc) is 3.16. The highest BCUT2D eigenvalue weighted by molar-refractivity contribution is 5.97. The number of aromatic nitrogens is 1. The maximum Gasteiger partial charge on any atom is 0.268 e. The third-order valence-corrected chi connectivity index (χ3v) is 3.62. The van der Waals surface area contributed by atoms with Crippen molar-refractivity contribution in [1.82, 2.24) is 9.88 Å². The van der Waals surface area contributed by atoms with Gasteiger partial charge in [0.15, 0.2) is 5.58 Å². The van der Waals surface area contributed by atoms with Crippen LogP contribution in [0.1, 0.15) is 23.8 Å². The number of benzene rings is 1. The predicted molar refractivity (Wildman–Crippen MR) is 88.8 cm³/mol. The Bertz CT molecular complexity index is 774. The number of nitrogens with one attached hydrogen (secondary N) is 1. The van der Waals surface area contributed by atoms with Crippen LogP contribution in [-0.4, -0.2) is 23.6 Å². The SMILES string of the molecule is CCCNC(=O)c1cc2occc2n1CCOc1ccccc1. The summed E-state index contributed by atoms with van der Waals surface area (Å²) in [4.78, 5) is 12.3. The molecule has 2 heterocycles. The molecule has 0 bridgehead atoms. The van der Waals surface area contributed by atoms with E-state index in [4.69, 9.17) is 9.15 Å². The molecule has 0 unspecified atom stereocenters. The highest BCUT2D eigenvalue weighted by atomic mass is 16.5. The predicted octanol–water partition coefficient (Wildman–Crippen LogP) is 3.45. The van der Waals surface area contributed by atoms with Gasteiger partial charge in [-0.1, -0.05) is 25.1 Å². The van der Waals surface area contributed by atoms with Crippen molar-refractivity contribution in [3.8, 4) is 5.75 Å². The van der Waals surface area contributed by atoms with Crippen LogP contribution in [0.3, 0.4) is 0 Å². The smallest absolute Gasteiger partial charge is 0.268 e. The number of carbonyl (C=O) groups is 1. The molecule has 0 saturated carbocycles. The zero-order valence-corrected chi connectivity index (χ0v) is 13.1. The van der Waals surface area contributed by atoms with E-state index in [1.165, 1.54) is 0 Å². The van der Waals surface area contributed by atoms with Crippen LogP contribution >= 0.6 is 0 Å². The number of ether oxygens (including phenoxy) is 1.